The van der Waals surface area contributed by atoms with E-state index in [2.05, 4.69) is 29.2 Å². The van der Waals surface area contributed by atoms with Gasteiger partial charge >= 0.3 is 0 Å². The summed E-state index contributed by atoms with van der Waals surface area (Å²) >= 11 is 0. The maximum atomic E-state index is 13.3. The van der Waals surface area contributed by atoms with Gasteiger partial charge in [0.15, 0.2) is 5.76 Å². The third kappa shape index (κ3) is 4.60. The largest absolute Gasteiger partial charge is 0.356 e. The molecule has 1 unspecified atom stereocenters. The van der Waals surface area contributed by atoms with Crippen molar-refractivity contribution in [1.29, 1.82) is 0 Å². The second-order valence-corrected chi connectivity index (χ2v) is 8.46. The average Bonchev–Trinajstić information content (AvgIpc) is 3.21. The van der Waals surface area contributed by atoms with Crippen molar-refractivity contribution >= 4 is 11.9 Å². The molecule has 0 aliphatic carbocycles. The Morgan fingerprint density at radius 3 is 2.65 bits per heavy atom. The van der Waals surface area contributed by atoms with Crippen LogP contribution in [0.3, 0.4) is 0 Å². The lowest BCUT2D eigenvalue weighted by Gasteiger charge is -2.36. The molecule has 2 aromatic heterocycles. The van der Waals surface area contributed by atoms with Gasteiger partial charge in [0.05, 0.1) is 29.4 Å². The van der Waals surface area contributed by atoms with E-state index in [1.54, 1.807) is 6.20 Å². The predicted molar refractivity (Wildman–Crippen MR) is 120 cm³/mol. The Balaban J connectivity index is 1.70. The molecule has 1 saturated heterocycles. The summed E-state index contributed by atoms with van der Waals surface area (Å²) in [6.07, 6.45) is 5.09. The Kier molecular flexibility index (Phi) is 6.02. The molecule has 3 aromatic rings. The van der Waals surface area contributed by atoms with Gasteiger partial charge in [-0.05, 0) is 38.7 Å². The highest BCUT2D eigenvalue weighted by molar-refractivity contribution is 5.79. The number of amides is 1. The Labute approximate surface area is 183 Å². The van der Waals surface area contributed by atoms with Crippen molar-refractivity contribution in [2.24, 2.45) is 0 Å². The van der Waals surface area contributed by atoms with E-state index in [-0.39, 0.29) is 11.9 Å². The van der Waals surface area contributed by atoms with Crippen LogP contribution in [0.5, 0.6) is 0 Å². The van der Waals surface area contributed by atoms with E-state index in [9.17, 15) is 4.79 Å². The Hall–Kier alpha value is -3.22. The van der Waals surface area contributed by atoms with Gasteiger partial charge in [0.25, 0.3) is 0 Å². The quantitative estimate of drug-likeness (QED) is 0.619. The number of hydrogen-bond donors (Lipinski definition) is 0. The fraction of sp³-hybridized carbons (Fsp3) is 0.417. The van der Waals surface area contributed by atoms with Gasteiger partial charge in [-0.15, -0.1) is 0 Å². The molecule has 162 valence electrons. The number of carbonyl (C=O) groups excluding carboxylic acids is 1. The molecule has 7 heteroatoms. The van der Waals surface area contributed by atoms with E-state index in [1.807, 2.05) is 49.0 Å². The number of aromatic nitrogens is 3. The molecule has 1 atom stereocenters. The van der Waals surface area contributed by atoms with Gasteiger partial charge in [-0.3, -0.25) is 4.79 Å². The first-order chi connectivity index (χ1) is 14.9. The van der Waals surface area contributed by atoms with Crippen molar-refractivity contribution in [1.82, 2.24) is 20.0 Å². The zero-order valence-corrected chi connectivity index (χ0v) is 18.6. The van der Waals surface area contributed by atoms with E-state index in [0.29, 0.717) is 18.1 Å². The van der Waals surface area contributed by atoms with Crippen LogP contribution in [0.2, 0.25) is 0 Å². The first-order valence-electron chi connectivity index (χ1n) is 10.8. The van der Waals surface area contributed by atoms with Gasteiger partial charge in [-0.1, -0.05) is 35.0 Å². The minimum Gasteiger partial charge on any atom is -0.356 e. The van der Waals surface area contributed by atoms with Gasteiger partial charge < -0.3 is 14.3 Å². The van der Waals surface area contributed by atoms with Crippen LogP contribution in [0.4, 0.5) is 5.95 Å². The molecule has 31 heavy (non-hydrogen) atoms. The molecule has 7 nitrogen and oxygen atoms in total. The van der Waals surface area contributed by atoms with Crippen molar-refractivity contribution < 1.29 is 9.32 Å². The Morgan fingerprint density at radius 1 is 1.19 bits per heavy atom. The summed E-state index contributed by atoms with van der Waals surface area (Å²) in [5, 5.41) is 4.03. The predicted octanol–water partition coefficient (Wildman–Crippen LogP) is 4.11. The molecule has 1 aliphatic rings. The molecule has 3 heterocycles. The van der Waals surface area contributed by atoms with E-state index >= 15 is 0 Å². The molecule has 0 spiro atoms. The van der Waals surface area contributed by atoms with Crippen LogP contribution in [0.1, 0.15) is 47.8 Å². The third-order valence-corrected chi connectivity index (χ3v) is 5.71. The van der Waals surface area contributed by atoms with E-state index in [0.717, 1.165) is 48.3 Å². The average molecular weight is 420 g/mol. The number of aryl methyl sites for hydroxylation is 2. The maximum Gasteiger partial charge on any atom is 0.227 e. The number of piperidine rings is 1. The van der Waals surface area contributed by atoms with E-state index in [4.69, 9.17) is 9.51 Å². The number of benzene rings is 1. The number of likely N-dealkylation sites (tertiary alicyclic amines) is 1. The van der Waals surface area contributed by atoms with Crippen LogP contribution in [0.15, 0.2) is 41.1 Å². The van der Waals surface area contributed by atoms with E-state index in [1.165, 1.54) is 5.56 Å². The Bertz CT molecular complexity index is 1060. The molecule has 0 saturated carbocycles. The summed E-state index contributed by atoms with van der Waals surface area (Å²) in [4.78, 5) is 26.6. The monoisotopic (exact) mass is 419 g/mol. The highest BCUT2D eigenvalue weighted by Crippen LogP contribution is 2.37. The molecule has 0 radical (unpaired) electrons. The summed E-state index contributed by atoms with van der Waals surface area (Å²) in [7, 11) is 3.83. The SMILES string of the molecule is Cc1ccc(CC(=O)N2CCCCC2c2nc(N(C)C)ncc2-c2cc(C)no2)cc1. The highest BCUT2D eigenvalue weighted by Gasteiger charge is 2.32. The second kappa shape index (κ2) is 8.88. The number of carbonyl (C=O) groups is 1. The van der Waals surface area contributed by atoms with Crippen LogP contribution in [0, 0.1) is 13.8 Å². The van der Waals surface area contributed by atoms with Crippen molar-refractivity contribution in [2.75, 3.05) is 25.5 Å². The van der Waals surface area contributed by atoms with Crippen LogP contribution >= 0.6 is 0 Å². The molecule has 0 bridgehead atoms. The molecule has 1 aromatic carbocycles. The van der Waals surface area contributed by atoms with Crippen molar-refractivity contribution in [3.05, 3.63) is 59.0 Å². The first-order valence-corrected chi connectivity index (χ1v) is 10.8. The molecule has 4 rings (SSSR count). The maximum absolute atomic E-state index is 13.3. The van der Waals surface area contributed by atoms with Crippen LogP contribution in [0.25, 0.3) is 11.3 Å². The van der Waals surface area contributed by atoms with Gasteiger partial charge in [0, 0.05) is 32.9 Å². The van der Waals surface area contributed by atoms with Crippen LogP contribution in [-0.4, -0.2) is 46.6 Å². The van der Waals surface area contributed by atoms with E-state index < -0.39 is 0 Å². The summed E-state index contributed by atoms with van der Waals surface area (Å²) < 4.78 is 5.54. The van der Waals surface area contributed by atoms with Gasteiger partial charge in [0.1, 0.15) is 0 Å². The minimum atomic E-state index is -0.117. The van der Waals surface area contributed by atoms with Crippen molar-refractivity contribution in [3.63, 3.8) is 0 Å². The molecule has 1 fully saturated rings. The first kappa shape index (κ1) is 21.0. The molecule has 0 N–H and O–H groups in total. The topological polar surface area (TPSA) is 75.4 Å². The molecule has 1 aliphatic heterocycles. The minimum absolute atomic E-state index is 0.117. The van der Waals surface area contributed by atoms with Crippen LogP contribution in [-0.2, 0) is 11.2 Å². The standard InChI is InChI=1S/C24H29N5O2/c1-16-8-10-18(11-9-16)14-22(30)29-12-6-5-7-20(29)23-19(21-13-17(2)27-31-21)15-25-24(26-23)28(3)4/h8-11,13,15,20H,5-7,12,14H2,1-4H3. The normalized spacial score (nSPS) is 16.4. The fourth-order valence-corrected chi connectivity index (χ4v) is 4.03. The number of anilines is 1. The second-order valence-electron chi connectivity index (χ2n) is 8.46. The highest BCUT2D eigenvalue weighted by atomic mass is 16.5. The zero-order chi connectivity index (χ0) is 22.0. The molecule has 1 amide bonds. The smallest absolute Gasteiger partial charge is 0.227 e. The van der Waals surface area contributed by atoms with Gasteiger partial charge in [-0.25, -0.2) is 9.97 Å². The van der Waals surface area contributed by atoms with Crippen LogP contribution < -0.4 is 4.90 Å². The number of rotatable bonds is 5. The van der Waals surface area contributed by atoms with Crippen molar-refractivity contribution in [2.45, 2.75) is 45.6 Å². The lowest BCUT2D eigenvalue weighted by atomic mass is 9.94. The molecular formula is C24H29N5O2. The summed E-state index contributed by atoms with van der Waals surface area (Å²) in [6.45, 7) is 4.67. The summed E-state index contributed by atoms with van der Waals surface area (Å²) in [5.41, 5.74) is 4.64. The van der Waals surface area contributed by atoms with Gasteiger partial charge in [-0.2, -0.15) is 0 Å². The van der Waals surface area contributed by atoms with Gasteiger partial charge in [0.2, 0.25) is 11.9 Å². The number of nitrogens with zero attached hydrogens (tertiary/aromatic N) is 5. The molecular weight excluding hydrogens is 390 g/mol. The lowest BCUT2D eigenvalue weighted by Crippen LogP contribution is -2.40. The lowest BCUT2D eigenvalue weighted by molar-refractivity contribution is -0.134. The Morgan fingerprint density at radius 2 is 1.97 bits per heavy atom. The summed E-state index contributed by atoms with van der Waals surface area (Å²) in [6, 6.07) is 9.93. The van der Waals surface area contributed by atoms with Crippen molar-refractivity contribution in [3.8, 4) is 11.3 Å². The third-order valence-electron chi connectivity index (χ3n) is 5.71. The summed E-state index contributed by atoms with van der Waals surface area (Å²) in [5.74, 6) is 1.37. The fourth-order valence-electron chi connectivity index (χ4n) is 4.03. The number of hydrogen-bond acceptors (Lipinski definition) is 6. The zero-order valence-electron chi connectivity index (χ0n) is 18.6.